The van der Waals surface area contributed by atoms with Gasteiger partial charge in [-0.3, -0.25) is 0 Å². The topological polar surface area (TPSA) is 62.2 Å². The molecule has 1 aromatic carbocycles. The molecule has 1 aromatic heterocycles. The molecular weight excluding hydrogens is 260 g/mol. The number of aromatic carboxylic acids is 1. The Bertz CT molecular complexity index is 567. The molecule has 1 heterocycles. The Labute approximate surface area is 116 Å². The molecule has 0 amide bonds. The summed E-state index contributed by atoms with van der Waals surface area (Å²) in [5.41, 5.74) is 2.02. The van der Waals surface area contributed by atoms with E-state index in [1.54, 1.807) is 36.6 Å². The van der Waals surface area contributed by atoms with E-state index in [-0.39, 0.29) is 6.04 Å². The second kappa shape index (κ2) is 5.84. The molecule has 100 valence electrons. The van der Waals surface area contributed by atoms with Crippen molar-refractivity contribution in [3.8, 4) is 0 Å². The number of aryl methyl sites for hydroxylation is 1. The zero-order valence-corrected chi connectivity index (χ0v) is 11.7. The zero-order valence-electron chi connectivity index (χ0n) is 10.9. The van der Waals surface area contributed by atoms with Gasteiger partial charge >= 0.3 is 5.97 Å². The number of thiazole rings is 1. The van der Waals surface area contributed by atoms with Crippen LogP contribution < -0.4 is 5.32 Å². The van der Waals surface area contributed by atoms with Gasteiger partial charge in [0.1, 0.15) is 5.01 Å². The molecule has 1 unspecified atom stereocenters. The summed E-state index contributed by atoms with van der Waals surface area (Å²) in [6.45, 7) is 3.90. The summed E-state index contributed by atoms with van der Waals surface area (Å²) >= 11 is 1.62. The van der Waals surface area contributed by atoms with Crippen molar-refractivity contribution in [3.63, 3.8) is 0 Å². The monoisotopic (exact) mass is 276 g/mol. The first kappa shape index (κ1) is 13.5. The number of hydrogen-bond donors (Lipinski definition) is 2. The minimum absolute atomic E-state index is 0.162. The van der Waals surface area contributed by atoms with E-state index in [2.05, 4.69) is 17.2 Å². The minimum Gasteiger partial charge on any atom is -0.478 e. The fraction of sp³-hybridized carbons (Fsp3) is 0.286. The first-order valence-electron chi connectivity index (χ1n) is 6.11. The lowest BCUT2D eigenvalue weighted by Gasteiger charge is -2.16. The van der Waals surface area contributed by atoms with Crippen LogP contribution in [0.5, 0.6) is 0 Å². The fourth-order valence-corrected chi connectivity index (χ4v) is 2.71. The molecule has 2 rings (SSSR count). The molecule has 0 spiro atoms. The smallest absolute Gasteiger partial charge is 0.335 e. The van der Waals surface area contributed by atoms with Crippen molar-refractivity contribution in [2.24, 2.45) is 0 Å². The van der Waals surface area contributed by atoms with Crippen molar-refractivity contribution in [2.45, 2.75) is 26.3 Å². The molecule has 0 bridgehead atoms. The molecule has 0 aliphatic heterocycles. The van der Waals surface area contributed by atoms with Gasteiger partial charge in [-0.05, 0) is 37.1 Å². The maximum atomic E-state index is 11.0. The summed E-state index contributed by atoms with van der Waals surface area (Å²) in [5, 5.41) is 15.4. The first-order valence-corrected chi connectivity index (χ1v) is 6.99. The molecule has 0 aliphatic carbocycles. The number of anilines is 1. The van der Waals surface area contributed by atoms with Crippen molar-refractivity contribution >= 4 is 23.0 Å². The van der Waals surface area contributed by atoms with Crippen LogP contribution in [0, 0.1) is 6.92 Å². The van der Waals surface area contributed by atoms with Crippen LogP contribution in [-0.4, -0.2) is 16.1 Å². The lowest BCUT2D eigenvalue weighted by Crippen LogP contribution is -2.10. The molecule has 19 heavy (non-hydrogen) atoms. The maximum absolute atomic E-state index is 11.0. The summed E-state index contributed by atoms with van der Waals surface area (Å²) in [5.74, 6) is -0.893. The van der Waals surface area contributed by atoms with Crippen LogP contribution in [0.1, 0.15) is 40.3 Å². The highest BCUT2D eigenvalue weighted by Gasteiger charge is 2.13. The molecular formula is C14H16N2O2S. The molecule has 2 N–H and O–H groups in total. The summed E-state index contributed by atoms with van der Waals surface area (Å²) in [7, 11) is 0. The Morgan fingerprint density at radius 1 is 1.53 bits per heavy atom. The van der Waals surface area contributed by atoms with Gasteiger partial charge in [0, 0.05) is 17.3 Å². The predicted octanol–water partition coefficient (Wildman–Crippen LogP) is 3.71. The molecule has 0 fully saturated rings. The fourth-order valence-electron chi connectivity index (χ4n) is 1.94. The Morgan fingerprint density at radius 3 is 2.84 bits per heavy atom. The number of nitrogens with zero attached hydrogens (tertiary/aromatic N) is 1. The number of hydrogen-bond acceptors (Lipinski definition) is 4. The van der Waals surface area contributed by atoms with E-state index in [4.69, 9.17) is 5.11 Å². The average molecular weight is 276 g/mol. The normalized spacial score (nSPS) is 12.1. The highest BCUT2D eigenvalue weighted by atomic mass is 32.1. The SMILES string of the molecule is CCC(Nc1ccc(C(=O)O)c(C)c1)c1nccs1. The number of nitrogens with one attached hydrogen (secondary N) is 1. The van der Waals surface area contributed by atoms with Gasteiger partial charge in [0.05, 0.1) is 11.6 Å². The van der Waals surface area contributed by atoms with Crippen molar-refractivity contribution in [3.05, 3.63) is 45.9 Å². The number of aromatic nitrogens is 1. The molecule has 0 radical (unpaired) electrons. The summed E-state index contributed by atoms with van der Waals surface area (Å²) in [6, 6.07) is 5.45. The standard InChI is InChI=1S/C14H16N2O2S/c1-3-12(13-15-6-7-19-13)16-10-4-5-11(14(17)18)9(2)8-10/h4-8,12,16H,3H2,1-2H3,(H,17,18). The molecule has 4 nitrogen and oxygen atoms in total. The minimum atomic E-state index is -0.893. The van der Waals surface area contributed by atoms with Gasteiger partial charge in [-0.2, -0.15) is 0 Å². The summed E-state index contributed by atoms with van der Waals surface area (Å²) < 4.78 is 0. The van der Waals surface area contributed by atoms with Gasteiger partial charge in [-0.1, -0.05) is 6.92 Å². The van der Waals surface area contributed by atoms with Crippen LogP contribution >= 0.6 is 11.3 Å². The number of benzene rings is 1. The van der Waals surface area contributed by atoms with E-state index >= 15 is 0 Å². The third-order valence-electron chi connectivity index (χ3n) is 2.96. The van der Waals surface area contributed by atoms with Gasteiger partial charge in [0.25, 0.3) is 0 Å². The molecule has 0 saturated carbocycles. The Balaban J connectivity index is 2.19. The Morgan fingerprint density at radius 2 is 2.32 bits per heavy atom. The van der Waals surface area contributed by atoms with Crippen molar-refractivity contribution < 1.29 is 9.90 Å². The van der Waals surface area contributed by atoms with Crippen molar-refractivity contribution in [1.82, 2.24) is 4.98 Å². The lowest BCUT2D eigenvalue weighted by atomic mass is 10.1. The van der Waals surface area contributed by atoms with Gasteiger partial charge in [-0.15, -0.1) is 11.3 Å². The number of carboxylic acid groups (broad SMARTS) is 1. The molecule has 0 saturated heterocycles. The third kappa shape index (κ3) is 3.12. The lowest BCUT2D eigenvalue weighted by molar-refractivity contribution is 0.0696. The van der Waals surface area contributed by atoms with Gasteiger partial charge in [0.2, 0.25) is 0 Å². The zero-order chi connectivity index (χ0) is 13.8. The van der Waals surface area contributed by atoms with E-state index < -0.39 is 5.97 Å². The Kier molecular flexibility index (Phi) is 4.16. The van der Waals surface area contributed by atoms with E-state index in [9.17, 15) is 4.79 Å². The maximum Gasteiger partial charge on any atom is 0.335 e. The van der Waals surface area contributed by atoms with E-state index in [1.165, 1.54) is 0 Å². The largest absolute Gasteiger partial charge is 0.478 e. The molecule has 5 heteroatoms. The van der Waals surface area contributed by atoms with E-state index in [0.717, 1.165) is 22.7 Å². The Hall–Kier alpha value is -1.88. The summed E-state index contributed by atoms with van der Waals surface area (Å²) in [6.07, 6.45) is 2.72. The van der Waals surface area contributed by atoms with Crippen LogP contribution in [0.3, 0.4) is 0 Å². The van der Waals surface area contributed by atoms with Crippen LogP contribution in [0.2, 0.25) is 0 Å². The molecule has 0 aliphatic rings. The summed E-state index contributed by atoms with van der Waals surface area (Å²) in [4.78, 5) is 15.3. The second-order valence-electron chi connectivity index (χ2n) is 4.31. The van der Waals surface area contributed by atoms with E-state index in [1.807, 2.05) is 11.4 Å². The number of carbonyl (C=O) groups is 1. The van der Waals surface area contributed by atoms with Gasteiger partial charge < -0.3 is 10.4 Å². The van der Waals surface area contributed by atoms with Gasteiger partial charge in [0.15, 0.2) is 0 Å². The van der Waals surface area contributed by atoms with Crippen LogP contribution in [0.15, 0.2) is 29.8 Å². The van der Waals surface area contributed by atoms with Crippen molar-refractivity contribution in [1.29, 1.82) is 0 Å². The third-order valence-corrected chi connectivity index (χ3v) is 3.84. The quantitative estimate of drug-likeness (QED) is 0.873. The van der Waals surface area contributed by atoms with Crippen LogP contribution in [-0.2, 0) is 0 Å². The highest BCUT2D eigenvalue weighted by Crippen LogP contribution is 2.25. The first-order chi connectivity index (χ1) is 9.11. The van der Waals surface area contributed by atoms with Crippen molar-refractivity contribution in [2.75, 3.05) is 5.32 Å². The number of rotatable bonds is 5. The van der Waals surface area contributed by atoms with E-state index in [0.29, 0.717) is 5.56 Å². The van der Waals surface area contributed by atoms with Gasteiger partial charge in [-0.25, -0.2) is 9.78 Å². The molecule has 1 atom stereocenters. The number of carboxylic acids is 1. The van der Waals surface area contributed by atoms with Crippen LogP contribution in [0.25, 0.3) is 0 Å². The predicted molar refractivity (Wildman–Crippen MR) is 76.9 cm³/mol. The average Bonchev–Trinajstić information content (AvgIpc) is 2.89. The highest BCUT2D eigenvalue weighted by molar-refractivity contribution is 7.09. The van der Waals surface area contributed by atoms with Crippen LogP contribution in [0.4, 0.5) is 5.69 Å². The molecule has 2 aromatic rings. The second-order valence-corrected chi connectivity index (χ2v) is 5.24.